The monoisotopic (exact) mass is 611 g/mol. The Morgan fingerprint density at radius 1 is 0.632 bits per heavy atom. The Bertz CT molecular complexity index is 1720. The maximum Gasteiger partial charge on any atom is 0.155 e. The topological polar surface area (TPSA) is 64.9 Å². The molecule has 38 heavy (non-hydrogen) atoms. The number of fused-ring (bicyclic) bond motifs is 2. The zero-order valence-corrected chi connectivity index (χ0v) is 24.4. The first-order valence-corrected chi connectivity index (χ1v) is 14.9. The third-order valence-corrected chi connectivity index (χ3v) is 10.1. The lowest BCUT2D eigenvalue weighted by Gasteiger charge is -2.09. The smallest absolute Gasteiger partial charge is 0.155 e. The van der Waals surface area contributed by atoms with Crippen molar-refractivity contribution >= 4 is 102 Å². The van der Waals surface area contributed by atoms with Gasteiger partial charge in [-0.25, -0.2) is 4.98 Å². The molecular formula is C29H20Cl3N3S3. The second-order valence-electron chi connectivity index (χ2n) is 8.13. The van der Waals surface area contributed by atoms with Crippen LogP contribution < -0.4 is 11.5 Å². The van der Waals surface area contributed by atoms with Crippen LogP contribution in [-0.4, -0.2) is 4.98 Å². The van der Waals surface area contributed by atoms with E-state index in [0.717, 1.165) is 40.3 Å². The van der Waals surface area contributed by atoms with Crippen molar-refractivity contribution in [3.8, 4) is 0 Å². The fourth-order valence-electron chi connectivity index (χ4n) is 3.60. The quantitative estimate of drug-likeness (QED) is 0.194. The van der Waals surface area contributed by atoms with Crippen LogP contribution in [0, 0.1) is 0 Å². The van der Waals surface area contributed by atoms with E-state index in [4.69, 9.17) is 46.3 Å². The van der Waals surface area contributed by atoms with Crippen LogP contribution in [0.25, 0.3) is 21.0 Å². The average molecular weight is 613 g/mol. The number of para-hydroxylation sites is 1. The van der Waals surface area contributed by atoms with Crippen LogP contribution >= 0.6 is 69.7 Å². The molecule has 6 aromatic rings. The molecule has 4 N–H and O–H groups in total. The molecule has 190 valence electrons. The molecule has 0 atom stereocenters. The predicted octanol–water partition coefficient (Wildman–Crippen LogP) is 10.6. The normalized spacial score (nSPS) is 10.9. The fraction of sp³-hybridized carbons (Fsp3) is 0. The molecule has 0 saturated heterocycles. The molecular weight excluding hydrogens is 593 g/mol. The van der Waals surface area contributed by atoms with Gasteiger partial charge in [0.2, 0.25) is 0 Å². The summed E-state index contributed by atoms with van der Waals surface area (Å²) in [6, 6.07) is 31.3. The van der Waals surface area contributed by atoms with Crippen LogP contribution in [0.3, 0.4) is 0 Å². The summed E-state index contributed by atoms with van der Waals surface area (Å²) in [5, 5.41) is 4.23. The van der Waals surface area contributed by atoms with Gasteiger partial charge in [0, 0.05) is 31.4 Å². The average Bonchev–Trinajstić information content (AvgIpc) is 3.32. The van der Waals surface area contributed by atoms with Crippen molar-refractivity contribution in [2.75, 3.05) is 11.5 Å². The van der Waals surface area contributed by atoms with Gasteiger partial charge in [0.1, 0.15) is 0 Å². The molecule has 5 aromatic carbocycles. The second-order valence-corrected chi connectivity index (χ2v) is 12.7. The number of hydrogen-bond donors (Lipinski definition) is 2. The standard InChI is InChI=1S/C16H11Cl2NS.C13H9ClN2S2/c17-13-9-11(19)6-8-14(13)20-15-7-5-10-3-1-2-4-12(10)16(15)18;14-9-7-8(15)5-6-11(9)17-13-16-10-3-1-2-4-12(10)18-13/h1-9H,19H2;1-7H,15H2. The first kappa shape index (κ1) is 27.0. The van der Waals surface area contributed by atoms with Gasteiger partial charge in [-0.05, 0) is 60.0 Å². The summed E-state index contributed by atoms with van der Waals surface area (Å²) < 4.78 is 2.18. The third kappa shape index (κ3) is 6.34. The van der Waals surface area contributed by atoms with Gasteiger partial charge >= 0.3 is 0 Å². The second kappa shape index (κ2) is 12.1. The molecule has 0 bridgehead atoms. The molecule has 6 rings (SSSR count). The van der Waals surface area contributed by atoms with Crippen molar-refractivity contribution in [2.45, 2.75) is 19.0 Å². The maximum atomic E-state index is 6.49. The summed E-state index contributed by atoms with van der Waals surface area (Å²) in [4.78, 5) is 7.47. The molecule has 1 aromatic heterocycles. The molecule has 0 fully saturated rings. The Hall–Kier alpha value is -2.58. The Kier molecular flexibility index (Phi) is 8.58. The molecule has 0 spiro atoms. The van der Waals surface area contributed by atoms with Gasteiger partial charge in [-0.3, -0.25) is 0 Å². The van der Waals surface area contributed by atoms with Crippen LogP contribution in [0.2, 0.25) is 15.1 Å². The van der Waals surface area contributed by atoms with Gasteiger partial charge < -0.3 is 11.5 Å². The molecule has 1 heterocycles. The molecule has 0 unspecified atom stereocenters. The minimum atomic E-state index is 0.638. The number of aromatic nitrogens is 1. The van der Waals surface area contributed by atoms with Gasteiger partial charge in [0.15, 0.2) is 4.34 Å². The minimum Gasteiger partial charge on any atom is -0.399 e. The minimum absolute atomic E-state index is 0.638. The number of rotatable bonds is 4. The summed E-state index contributed by atoms with van der Waals surface area (Å²) >= 11 is 23.6. The molecule has 0 radical (unpaired) electrons. The van der Waals surface area contributed by atoms with E-state index in [0.29, 0.717) is 21.4 Å². The Labute approximate surface area is 248 Å². The van der Waals surface area contributed by atoms with Crippen molar-refractivity contribution in [2.24, 2.45) is 0 Å². The summed E-state index contributed by atoms with van der Waals surface area (Å²) in [6.07, 6.45) is 0. The van der Waals surface area contributed by atoms with Gasteiger partial charge in [-0.1, -0.05) is 101 Å². The maximum absolute atomic E-state index is 6.49. The zero-order chi connectivity index (χ0) is 26.6. The molecule has 0 saturated carbocycles. The first-order valence-electron chi connectivity index (χ1n) is 11.4. The number of nitrogens with two attached hydrogens (primary N) is 2. The van der Waals surface area contributed by atoms with Gasteiger partial charge in [0.25, 0.3) is 0 Å². The Morgan fingerprint density at radius 2 is 1.24 bits per heavy atom. The van der Waals surface area contributed by atoms with Crippen molar-refractivity contribution < 1.29 is 0 Å². The van der Waals surface area contributed by atoms with Gasteiger partial charge in [-0.2, -0.15) is 0 Å². The number of hydrogen-bond acceptors (Lipinski definition) is 6. The fourth-order valence-corrected chi connectivity index (χ4v) is 7.45. The van der Waals surface area contributed by atoms with Crippen LogP contribution in [0.4, 0.5) is 11.4 Å². The van der Waals surface area contributed by atoms with E-state index in [9.17, 15) is 0 Å². The van der Waals surface area contributed by atoms with E-state index in [2.05, 4.69) is 17.1 Å². The lowest BCUT2D eigenvalue weighted by molar-refractivity contribution is 1.29. The molecule has 9 heteroatoms. The summed E-state index contributed by atoms with van der Waals surface area (Å²) in [6.45, 7) is 0. The van der Waals surface area contributed by atoms with E-state index < -0.39 is 0 Å². The summed E-state index contributed by atoms with van der Waals surface area (Å²) in [5.74, 6) is 0. The third-order valence-electron chi connectivity index (χ3n) is 5.43. The van der Waals surface area contributed by atoms with Crippen LogP contribution in [0.5, 0.6) is 0 Å². The van der Waals surface area contributed by atoms with E-state index in [1.54, 1.807) is 47.0 Å². The highest BCUT2D eigenvalue weighted by atomic mass is 35.5. The Balaban J connectivity index is 0.000000156. The Morgan fingerprint density at radius 3 is 1.92 bits per heavy atom. The highest BCUT2D eigenvalue weighted by molar-refractivity contribution is 8.01. The van der Waals surface area contributed by atoms with Crippen LogP contribution in [0.1, 0.15) is 0 Å². The van der Waals surface area contributed by atoms with E-state index in [1.165, 1.54) is 4.70 Å². The van der Waals surface area contributed by atoms with Gasteiger partial charge in [0.05, 0.1) is 25.3 Å². The van der Waals surface area contributed by atoms with Crippen LogP contribution in [-0.2, 0) is 0 Å². The van der Waals surface area contributed by atoms with Crippen molar-refractivity contribution in [3.05, 3.63) is 112 Å². The lowest BCUT2D eigenvalue weighted by atomic mass is 10.1. The number of thiazole rings is 1. The first-order chi connectivity index (χ1) is 18.4. The van der Waals surface area contributed by atoms with E-state index in [1.807, 2.05) is 72.8 Å². The number of nitrogen functional groups attached to an aromatic ring is 2. The summed E-state index contributed by atoms with van der Waals surface area (Å²) in [5.41, 5.74) is 13.7. The highest BCUT2D eigenvalue weighted by Crippen LogP contribution is 2.41. The highest BCUT2D eigenvalue weighted by Gasteiger charge is 2.10. The molecule has 3 nitrogen and oxygen atoms in total. The van der Waals surface area contributed by atoms with E-state index >= 15 is 0 Å². The predicted molar refractivity (Wildman–Crippen MR) is 169 cm³/mol. The van der Waals surface area contributed by atoms with E-state index in [-0.39, 0.29) is 0 Å². The summed E-state index contributed by atoms with van der Waals surface area (Å²) in [7, 11) is 0. The molecule has 0 aliphatic heterocycles. The molecule has 0 aliphatic rings. The number of benzene rings is 5. The largest absolute Gasteiger partial charge is 0.399 e. The SMILES string of the molecule is Nc1ccc(Sc2ccc3ccccc3c2Cl)c(Cl)c1.Nc1ccc(Sc2nc3ccccc3s2)c(Cl)c1. The zero-order valence-electron chi connectivity index (χ0n) is 19.7. The number of anilines is 2. The number of nitrogens with zero attached hydrogens (tertiary/aromatic N) is 1. The van der Waals surface area contributed by atoms with Crippen LogP contribution in [0.15, 0.2) is 116 Å². The van der Waals surface area contributed by atoms with Crippen molar-refractivity contribution in [3.63, 3.8) is 0 Å². The van der Waals surface area contributed by atoms with Crippen molar-refractivity contribution in [1.82, 2.24) is 4.98 Å². The lowest BCUT2D eigenvalue weighted by Crippen LogP contribution is -1.85. The number of halogens is 3. The van der Waals surface area contributed by atoms with Crippen molar-refractivity contribution in [1.29, 1.82) is 0 Å². The molecule has 0 amide bonds. The van der Waals surface area contributed by atoms with Gasteiger partial charge in [-0.15, -0.1) is 11.3 Å². The molecule has 0 aliphatic carbocycles.